The summed E-state index contributed by atoms with van der Waals surface area (Å²) in [6, 6.07) is 46.0. The average Bonchev–Trinajstić information content (AvgIpc) is 3.26. The van der Waals surface area contributed by atoms with Crippen molar-refractivity contribution in [2.45, 2.75) is 19.6 Å². The maximum atomic E-state index is 2.35. The molecule has 7 aromatic rings. The molecule has 0 unspecified atom stereocenters. The summed E-state index contributed by atoms with van der Waals surface area (Å²) >= 11 is 0. The molecule has 0 aliphatic heterocycles. The number of rotatable bonds is 15. The van der Waals surface area contributed by atoms with Crippen LogP contribution in [-0.4, -0.2) is 42.3 Å². The Kier molecular flexibility index (Phi) is 13.4. The van der Waals surface area contributed by atoms with Crippen LogP contribution in [0.25, 0.3) is 36.5 Å². The van der Waals surface area contributed by atoms with E-state index in [1.165, 1.54) is 67.1 Å². The molecule has 0 spiro atoms. The zero-order valence-corrected chi connectivity index (χ0v) is 35.9. The molecular weight excluding hydrogens is 733 g/mol. The molecule has 3 heterocycles. The highest BCUT2D eigenvalue weighted by molar-refractivity contribution is 5.72. The minimum atomic E-state index is 0.782. The van der Waals surface area contributed by atoms with Crippen molar-refractivity contribution in [1.29, 1.82) is 0 Å². The van der Waals surface area contributed by atoms with E-state index in [1.54, 1.807) is 0 Å². The minimum Gasteiger partial charge on any atom is -0.378 e. The van der Waals surface area contributed by atoms with Crippen molar-refractivity contribution >= 4 is 53.5 Å². The highest BCUT2D eigenvalue weighted by Gasteiger charge is 2.13. The van der Waals surface area contributed by atoms with E-state index in [2.05, 4.69) is 272 Å². The summed E-state index contributed by atoms with van der Waals surface area (Å²) in [4.78, 5) is 6.35. The monoisotopic (exact) mass is 789 g/mol. The van der Waals surface area contributed by atoms with Crippen molar-refractivity contribution in [3.05, 3.63) is 215 Å². The van der Waals surface area contributed by atoms with Gasteiger partial charge in [-0.2, -0.15) is 0 Å². The lowest BCUT2D eigenvalue weighted by molar-refractivity contribution is -0.690. The van der Waals surface area contributed by atoms with Gasteiger partial charge in [-0.05, 0) is 88.0 Å². The molecule has 0 aliphatic carbocycles. The van der Waals surface area contributed by atoms with Crippen LogP contribution in [0.2, 0.25) is 0 Å². The lowest BCUT2D eigenvalue weighted by atomic mass is 10.0. The number of nitrogens with zero attached hydrogens (tertiary/aromatic N) is 6. The molecule has 0 fully saturated rings. The number of anilines is 3. The Morgan fingerprint density at radius 2 is 0.500 bits per heavy atom. The van der Waals surface area contributed by atoms with Crippen molar-refractivity contribution in [2.75, 3.05) is 57.0 Å². The second-order valence-electron chi connectivity index (χ2n) is 16.0. The third-order valence-electron chi connectivity index (χ3n) is 10.6. The Labute approximate surface area is 357 Å². The van der Waals surface area contributed by atoms with E-state index in [0.717, 1.165) is 19.6 Å². The fourth-order valence-corrected chi connectivity index (χ4v) is 7.03. The fraction of sp³-hybridized carbons (Fsp3) is 0.167. The number of pyridine rings is 3. The minimum absolute atomic E-state index is 0.782. The van der Waals surface area contributed by atoms with Crippen LogP contribution in [-0.2, 0) is 19.6 Å². The molecular formula is C54H57N6+3. The Balaban J connectivity index is 1.06. The molecule has 6 heteroatoms. The Bertz CT molecular complexity index is 2230. The number of hydrogen-bond donors (Lipinski definition) is 0. The van der Waals surface area contributed by atoms with E-state index in [0.29, 0.717) is 0 Å². The number of aromatic nitrogens is 3. The summed E-state index contributed by atoms with van der Waals surface area (Å²) in [5, 5.41) is 0. The van der Waals surface area contributed by atoms with Crippen LogP contribution in [0.1, 0.15) is 50.1 Å². The summed E-state index contributed by atoms with van der Waals surface area (Å²) in [6.07, 6.45) is 26.1. The molecule has 0 N–H and O–H groups in total. The zero-order chi connectivity index (χ0) is 41.8. The molecule has 4 aromatic carbocycles. The Morgan fingerprint density at radius 3 is 0.700 bits per heavy atom. The summed E-state index contributed by atoms with van der Waals surface area (Å²) in [7, 11) is 12.4. The Morgan fingerprint density at radius 1 is 0.300 bits per heavy atom. The third-order valence-corrected chi connectivity index (χ3v) is 10.6. The highest BCUT2D eigenvalue weighted by atomic mass is 15.1. The first-order chi connectivity index (χ1) is 29.1. The van der Waals surface area contributed by atoms with Crippen molar-refractivity contribution in [2.24, 2.45) is 0 Å². The van der Waals surface area contributed by atoms with Gasteiger partial charge in [-0.25, -0.2) is 13.7 Å². The smallest absolute Gasteiger partial charge is 0.173 e. The quantitative estimate of drug-likeness (QED) is 0.0968. The molecule has 0 saturated carbocycles. The van der Waals surface area contributed by atoms with Gasteiger partial charge in [-0.3, -0.25) is 0 Å². The van der Waals surface area contributed by atoms with Crippen LogP contribution < -0.4 is 28.4 Å². The molecule has 60 heavy (non-hydrogen) atoms. The van der Waals surface area contributed by atoms with Crippen LogP contribution in [0.4, 0.5) is 17.1 Å². The van der Waals surface area contributed by atoms with E-state index < -0.39 is 0 Å². The van der Waals surface area contributed by atoms with E-state index in [4.69, 9.17) is 0 Å². The van der Waals surface area contributed by atoms with Gasteiger partial charge in [0.2, 0.25) is 0 Å². The third kappa shape index (κ3) is 11.8. The maximum Gasteiger partial charge on any atom is 0.173 e. The molecule has 0 bridgehead atoms. The first-order valence-corrected chi connectivity index (χ1v) is 20.6. The van der Waals surface area contributed by atoms with Gasteiger partial charge < -0.3 is 14.7 Å². The fourth-order valence-electron chi connectivity index (χ4n) is 7.03. The van der Waals surface area contributed by atoms with Crippen molar-refractivity contribution < 1.29 is 13.7 Å². The van der Waals surface area contributed by atoms with E-state index >= 15 is 0 Å². The standard InChI is InChI=1S/C54H57N6/c1-55(2)52-19-13-43(14-20-52)7-10-46-25-31-58(32-26-46)40-49-37-50(41-59-33-27-47(28-34-59)11-8-44-15-21-53(22-16-44)56(3)4)39-51(38-49)42-60-35-29-48(30-36-60)12-9-45-17-23-54(24-18-45)57(5)6/h7-39H,40-42H2,1-6H3/q+3. The summed E-state index contributed by atoms with van der Waals surface area (Å²) in [5.74, 6) is 0. The predicted octanol–water partition coefficient (Wildman–Crippen LogP) is 9.40. The van der Waals surface area contributed by atoms with Crippen molar-refractivity contribution in [3.63, 3.8) is 0 Å². The molecule has 0 saturated heterocycles. The lowest BCUT2D eigenvalue weighted by Crippen LogP contribution is -2.36. The van der Waals surface area contributed by atoms with E-state index in [-0.39, 0.29) is 0 Å². The van der Waals surface area contributed by atoms with Gasteiger partial charge in [0.05, 0.1) is 0 Å². The second kappa shape index (κ2) is 19.6. The first kappa shape index (κ1) is 41.1. The summed E-state index contributed by atoms with van der Waals surface area (Å²) < 4.78 is 6.78. The lowest BCUT2D eigenvalue weighted by Gasteiger charge is -2.11. The Hall–Kier alpha value is -7.05. The van der Waals surface area contributed by atoms with Gasteiger partial charge in [0, 0.05) is 112 Å². The summed E-state index contributed by atoms with van der Waals surface area (Å²) in [5.41, 5.74) is 14.5. The molecule has 300 valence electrons. The molecule has 0 aliphatic rings. The van der Waals surface area contributed by atoms with Gasteiger partial charge in [0.15, 0.2) is 56.8 Å². The van der Waals surface area contributed by atoms with E-state index in [1.807, 2.05) is 0 Å². The highest BCUT2D eigenvalue weighted by Crippen LogP contribution is 2.18. The predicted molar refractivity (Wildman–Crippen MR) is 253 cm³/mol. The average molecular weight is 790 g/mol. The van der Waals surface area contributed by atoms with Crippen LogP contribution in [0.3, 0.4) is 0 Å². The molecule has 7 rings (SSSR count). The van der Waals surface area contributed by atoms with Crippen LogP contribution >= 0.6 is 0 Å². The second-order valence-corrected chi connectivity index (χ2v) is 16.0. The molecule has 0 atom stereocenters. The van der Waals surface area contributed by atoms with Crippen LogP contribution in [0, 0.1) is 0 Å². The zero-order valence-electron chi connectivity index (χ0n) is 35.9. The summed E-state index contributed by atoms with van der Waals surface area (Å²) in [6.45, 7) is 2.35. The van der Waals surface area contributed by atoms with Gasteiger partial charge in [0.25, 0.3) is 0 Å². The van der Waals surface area contributed by atoms with Gasteiger partial charge >= 0.3 is 0 Å². The topological polar surface area (TPSA) is 21.4 Å². The van der Waals surface area contributed by atoms with E-state index in [9.17, 15) is 0 Å². The molecule has 6 nitrogen and oxygen atoms in total. The largest absolute Gasteiger partial charge is 0.378 e. The van der Waals surface area contributed by atoms with Gasteiger partial charge in [-0.1, -0.05) is 72.9 Å². The molecule has 3 aromatic heterocycles. The number of benzene rings is 4. The molecule has 0 amide bonds. The van der Waals surface area contributed by atoms with Crippen molar-refractivity contribution in [3.8, 4) is 0 Å². The van der Waals surface area contributed by atoms with Gasteiger partial charge in [0.1, 0.15) is 0 Å². The van der Waals surface area contributed by atoms with Crippen LogP contribution in [0.5, 0.6) is 0 Å². The first-order valence-electron chi connectivity index (χ1n) is 20.6. The van der Waals surface area contributed by atoms with Crippen molar-refractivity contribution in [1.82, 2.24) is 0 Å². The van der Waals surface area contributed by atoms with Crippen LogP contribution in [0.15, 0.2) is 165 Å². The SMILES string of the molecule is CN(C)c1ccc(/C=C/c2cc[n+](Cc3cc(C[n+]4ccc(/C=C/c5ccc(N(C)C)cc5)cc4)cc(C[n+]4ccc(/C=C/c5ccc(N(C)C)cc5)cc4)c3)cc2)cc1. The normalized spacial score (nSPS) is 11.5. The molecule has 0 radical (unpaired) electrons. The maximum absolute atomic E-state index is 2.35. The number of hydrogen-bond acceptors (Lipinski definition) is 3. The van der Waals surface area contributed by atoms with Gasteiger partial charge in [-0.15, -0.1) is 0 Å².